The van der Waals surface area contributed by atoms with Gasteiger partial charge in [0.05, 0.1) is 17.5 Å². The summed E-state index contributed by atoms with van der Waals surface area (Å²) in [7, 11) is 0. The smallest absolute Gasteiger partial charge is 0.405 e. The van der Waals surface area contributed by atoms with Crippen LogP contribution >= 0.6 is 0 Å². The Kier molecular flexibility index (Phi) is 6.01. The second-order valence-corrected chi connectivity index (χ2v) is 9.30. The molecule has 5 N–H and O–H groups in total. The van der Waals surface area contributed by atoms with Gasteiger partial charge in [0.1, 0.15) is 6.04 Å². The summed E-state index contributed by atoms with van der Waals surface area (Å²) in [5.41, 5.74) is 7.10. The SMILES string of the molecule is O=C(O)N[C@H](Cc1ccc2ccccc2c1)C(=O)Nc1cc2c3c(c(-c4ccccc4)[nH]c3c1)C=NNC2=O. The molecule has 0 fully saturated rings. The summed E-state index contributed by atoms with van der Waals surface area (Å²) in [6.45, 7) is 0. The number of benzene rings is 4. The lowest BCUT2D eigenvalue weighted by Crippen LogP contribution is -2.44. The Balaban J connectivity index is 1.34. The Morgan fingerprint density at radius 2 is 1.69 bits per heavy atom. The topological polar surface area (TPSA) is 136 Å². The van der Waals surface area contributed by atoms with E-state index in [0.29, 0.717) is 22.2 Å². The minimum absolute atomic E-state index is 0.150. The average molecular weight is 518 g/mol. The first-order chi connectivity index (χ1) is 19.0. The van der Waals surface area contributed by atoms with Crippen LogP contribution in [-0.4, -0.2) is 40.3 Å². The van der Waals surface area contributed by atoms with E-state index in [-0.39, 0.29) is 6.42 Å². The second kappa shape index (κ2) is 9.79. The van der Waals surface area contributed by atoms with Gasteiger partial charge in [0.2, 0.25) is 5.91 Å². The molecule has 9 heteroatoms. The lowest BCUT2D eigenvalue weighted by atomic mass is 10.0. The van der Waals surface area contributed by atoms with Crippen LogP contribution in [0.25, 0.3) is 32.9 Å². The van der Waals surface area contributed by atoms with Gasteiger partial charge in [-0.1, -0.05) is 72.8 Å². The molecule has 6 rings (SSSR count). The van der Waals surface area contributed by atoms with Gasteiger partial charge in [-0.2, -0.15) is 5.10 Å². The van der Waals surface area contributed by atoms with E-state index >= 15 is 0 Å². The van der Waals surface area contributed by atoms with Crippen molar-refractivity contribution in [3.63, 3.8) is 0 Å². The largest absolute Gasteiger partial charge is 0.465 e. The highest BCUT2D eigenvalue weighted by atomic mass is 16.4. The van der Waals surface area contributed by atoms with Crippen LogP contribution in [0.1, 0.15) is 21.5 Å². The van der Waals surface area contributed by atoms with Crippen molar-refractivity contribution in [1.82, 2.24) is 15.7 Å². The number of aromatic amines is 1. The molecular formula is C30H23N5O4. The Morgan fingerprint density at radius 1 is 0.923 bits per heavy atom. The summed E-state index contributed by atoms with van der Waals surface area (Å²) in [5, 5.41) is 21.3. The molecule has 0 unspecified atom stereocenters. The predicted octanol–water partition coefficient (Wildman–Crippen LogP) is 4.88. The summed E-state index contributed by atoms with van der Waals surface area (Å²) in [5.74, 6) is -0.960. The summed E-state index contributed by atoms with van der Waals surface area (Å²) >= 11 is 0. The van der Waals surface area contributed by atoms with Crippen LogP contribution in [0.5, 0.6) is 0 Å². The number of aromatic nitrogens is 1. The molecule has 0 saturated carbocycles. The molecule has 4 aromatic carbocycles. The zero-order valence-corrected chi connectivity index (χ0v) is 20.6. The summed E-state index contributed by atoms with van der Waals surface area (Å²) in [4.78, 5) is 41.1. The molecule has 9 nitrogen and oxygen atoms in total. The predicted molar refractivity (Wildman–Crippen MR) is 150 cm³/mol. The molecule has 3 amide bonds. The number of fused-ring (bicyclic) bond motifs is 1. The fourth-order valence-corrected chi connectivity index (χ4v) is 4.98. The van der Waals surface area contributed by atoms with Gasteiger partial charge in [-0.15, -0.1) is 0 Å². The molecule has 1 aliphatic heterocycles. The van der Waals surface area contributed by atoms with Gasteiger partial charge in [-0.3, -0.25) is 9.59 Å². The highest BCUT2D eigenvalue weighted by Crippen LogP contribution is 2.34. The van der Waals surface area contributed by atoms with E-state index in [1.54, 1.807) is 18.3 Å². The number of carboxylic acid groups (broad SMARTS) is 1. The normalized spacial score (nSPS) is 13.1. The Hall–Kier alpha value is -5.44. The van der Waals surface area contributed by atoms with Gasteiger partial charge >= 0.3 is 6.09 Å². The number of nitrogens with zero attached hydrogens (tertiary/aromatic N) is 1. The van der Waals surface area contributed by atoms with Crippen LogP contribution < -0.4 is 16.1 Å². The van der Waals surface area contributed by atoms with Gasteiger partial charge in [0.15, 0.2) is 0 Å². The van der Waals surface area contributed by atoms with Crippen LogP contribution in [0.2, 0.25) is 0 Å². The summed E-state index contributed by atoms with van der Waals surface area (Å²) < 4.78 is 0. The number of amides is 3. The number of nitrogens with one attached hydrogen (secondary N) is 4. The van der Waals surface area contributed by atoms with E-state index in [4.69, 9.17) is 0 Å². The van der Waals surface area contributed by atoms with E-state index in [9.17, 15) is 19.5 Å². The molecule has 1 atom stereocenters. The van der Waals surface area contributed by atoms with Gasteiger partial charge in [0, 0.05) is 28.6 Å². The average Bonchev–Trinajstić information content (AvgIpc) is 3.21. The lowest BCUT2D eigenvalue weighted by Gasteiger charge is -2.18. The van der Waals surface area contributed by atoms with Gasteiger partial charge in [-0.25, -0.2) is 10.2 Å². The fourth-order valence-electron chi connectivity index (χ4n) is 4.98. The molecule has 0 saturated heterocycles. The van der Waals surface area contributed by atoms with E-state index in [0.717, 1.165) is 33.2 Å². The third-order valence-electron chi connectivity index (χ3n) is 6.74. The maximum atomic E-state index is 13.3. The first kappa shape index (κ1) is 23.9. The summed E-state index contributed by atoms with van der Waals surface area (Å²) in [6.07, 6.45) is 0.442. The van der Waals surface area contributed by atoms with E-state index in [2.05, 4.69) is 26.1 Å². The van der Waals surface area contributed by atoms with Crippen molar-refractivity contribution in [1.29, 1.82) is 0 Å². The van der Waals surface area contributed by atoms with Crippen molar-refractivity contribution in [3.8, 4) is 11.3 Å². The van der Waals surface area contributed by atoms with Crippen LogP contribution in [0.3, 0.4) is 0 Å². The minimum Gasteiger partial charge on any atom is -0.465 e. The Labute approximate surface area is 222 Å². The number of carbonyl (C=O) groups is 3. The quantitative estimate of drug-likeness (QED) is 0.219. The third kappa shape index (κ3) is 4.69. The van der Waals surface area contributed by atoms with E-state index in [1.807, 2.05) is 72.8 Å². The van der Waals surface area contributed by atoms with Crippen molar-refractivity contribution in [3.05, 3.63) is 102 Å². The van der Waals surface area contributed by atoms with Crippen molar-refractivity contribution in [2.24, 2.45) is 5.10 Å². The Morgan fingerprint density at radius 3 is 2.49 bits per heavy atom. The molecule has 39 heavy (non-hydrogen) atoms. The highest BCUT2D eigenvalue weighted by molar-refractivity contribution is 6.18. The first-order valence-electron chi connectivity index (χ1n) is 12.3. The van der Waals surface area contributed by atoms with Crippen LogP contribution in [-0.2, 0) is 11.2 Å². The molecule has 2 heterocycles. The number of H-pyrrole nitrogens is 1. The second-order valence-electron chi connectivity index (χ2n) is 9.30. The highest BCUT2D eigenvalue weighted by Gasteiger charge is 2.25. The minimum atomic E-state index is -1.31. The van der Waals surface area contributed by atoms with E-state index < -0.39 is 23.9 Å². The monoisotopic (exact) mass is 517 g/mol. The van der Waals surface area contributed by atoms with Crippen LogP contribution in [0, 0.1) is 0 Å². The molecule has 0 aliphatic carbocycles. The number of anilines is 1. The number of rotatable bonds is 6. The number of carbonyl (C=O) groups excluding carboxylic acids is 2. The van der Waals surface area contributed by atoms with Crippen molar-refractivity contribution in [2.45, 2.75) is 12.5 Å². The number of hydrogen-bond donors (Lipinski definition) is 5. The summed E-state index contributed by atoms with van der Waals surface area (Å²) in [6, 6.07) is 25.5. The van der Waals surface area contributed by atoms with Gasteiger partial charge in [0.25, 0.3) is 5.91 Å². The first-order valence-corrected chi connectivity index (χ1v) is 12.3. The van der Waals surface area contributed by atoms with Crippen molar-refractivity contribution < 1.29 is 19.5 Å². The molecule has 0 bridgehead atoms. The number of hydrogen-bond acceptors (Lipinski definition) is 4. The number of hydrazone groups is 1. The van der Waals surface area contributed by atoms with Crippen molar-refractivity contribution in [2.75, 3.05) is 5.32 Å². The standard InChI is InChI=1S/C30H23N5O4/c36-28-22-14-21(15-24-26(22)23(16-31-35-28)27(33-24)19-7-2-1-3-8-19)32-29(37)25(34-30(38)39)13-17-10-11-18-6-4-5-9-20(18)12-17/h1-12,14-16,25,33-34H,13H2,(H,32,37)(H,35,36)(H,38,39)/t25-/m1/s1. The molecule has 0 spiro atoms. The zero-order chi connectivity index (χ0) is 26.9. The lowest BCUT2D eigenvalue weighted by molar-refractivity contribution is -0.118. The maximum absolute atomic E-state index is 13.3. The van der Waals surface area contributed by atoms with Crippen LogP contribution in [0.15, 0.2) is 90.0 Å². The Bertz CT molecular complexity index is 1790. The van der Waals surface area contributed by atoms with Gasteiger partial charge in [-0.05, 0) is 34.0 Å². The molecule has 1 aromatic heterocycles. The van der Waals surface area contributed by atoms with Gasteiger partial charge < -0.3 is 20.7 Å². The van der Waals surface area contributed by atoms with Crippen LogP contribution in [0.4, 0.5) is 10.5 Å². The zero-order valence-electron chi connectivity index (χ0n) is 20.6. The fraction of sp³-hybridized carbons (Fsp3) is 0.0667. The van der Waals surface area contributed by atoms with Crippen molar-refractivity contribution >= 4 is 51.5 Å². The van der Waals surface area contributed by atoms with E-state index in [1.165, 1.54) is 0 Å². The molecular weight excluding hydrogens is 494 g/mol. The molecule has 1 aliphatic rings. The maximum Gasteiger partial charge on any atom is 0.405 e. The molecule has 0 radical (unpaired) electrons. The molecule has 192 valence electrons. The molecule has 5 aromatic rings. The third-order valence-corrected chi connectivity index (χ3v) is 6.74.